The molecule has 0 spiro atoms. The minimum atomic E-state index is -4.33. The molecule has 3 N–H and O–H groups in total. The maximum atomic E-state index is 12.4. The van der Waals surface area contributed by atoms with Gasteiger partial charge in [0.1, 0.15) is 0 Å². The van der Waals surface area contributed by atoms with Crippen molar-refractivity contribution in [3.8, 4) is 0 Å². The molecule has 0 aromatic heterocycles. The maximum absolute atomic E-state index is 12.4. The average Bonchev–Trinajstić information content (AvgIpc) is 2.36. The monoisotopic (exact) mass is 275 g/mol. The Morgan fingerprint density at radius 1 is 1.37 bits per heavy atom. The molecule has 1 atom stereocenters. The van der Waals surface area contributed by atoms with E-state index in [0.29, 0.717) is 12.1 Å². The molecular weight excluding hydrogens is 259 g/mol. The summed E-state index contributed by atoms with van der Waals surface area (Å²) < 4.78 is 37.2. The van der Waals surface area contributed by atoms with E-state index >= 15 is 0 Å². The second kappa shape index (κ2) is 5.92. The van der Waals surface area contributed by atoms with E-state index in [4.69, 9.17) is 10.9 Å². The third-order valence-corrected chi connectivity index (χ3v) is 2.92. The van der Waals surface area contributed by atoms with E-state index < -0.39 is 11.7 Å². The molecule has 0 amide bonds. The molecule has 0 radical (unpaired) electrons. The minimum Gasteiger partial charge on any atom is -0.409 e. The van der Waals surface area contributed by atoms with E-state index in [1.54, 1.807) is 18.9 Å². The van der Waals surface area contributed by atoms with Crippen molar-refractivity contribution in [1.29, 1.82) is 0 Å². The fourth-order valence-electron chi connectivity index (χ4n) is 1.53. The van der Waals surface area contributed by atoms with Crippen LogP contribution in [0.1, 0.15) is 18.1 Å². The van der Waals surface area contributed by atoms with E-state index in [1.165, 1.54) is 12.1 Å². The first-order chi connectivity index (χ1) is 8.75. The average molecular weight is 275 g/mol. The summed E-state index contributed by atoms with van der Waals surface area (Å²) in [5.41, 5.74) is 5.50. The molecule has 0 aliphatic heterocycles. The van der Waals surface area contributed by atoms with Gasteiger partial charge in [0.15, 0.2) is 5.84 Å². The molecule has 1 rings (SSSR count). The van der Waals surface area contributed by atoms with Gasteiger partial charge in [0.2, 0.25) is 0 Å². The number of amidine groups is 1. The first-order valence-corrected chi connectivity index (χ1v) is 5.59. The van der Waals surface area contributed by atoms with E-state index in [9.17, 15) is 13.2 Å². The molecule has 4 nitrogen and oxygen atoms in total. The predicted molar refractivity (Wildman–Crippen MR) is 65.8 cm³/mol. The third-order valence-electron chi connectivity index (χ3n) is 2.92. The standard InChI is InChI=1S/C12H16F3N3O/c1-8(11(16)17-19)18(2)7-9-3-5-10(6-4-9)12(13,14)15/h3-6,8,19H,7H2,1-2H3,(H2,16,17). The zero-order valence-electron chi connectivity index (χ0n) is 10.6. The number of likely N-dealkylation sites (N-methyl/N-ethyl adjacent to an activating group) is 1. The normalized spacial score (nSPS) is 14.7. The van der Waals surface area contributed by atoms with Gasteiger partial charge in [0, 0.05) is 6.54 Å². The third kappa shape index (κ3) is 4.13. The van der Waals surface area contributed by atoms with Crippen LogP contribution < -0.4 is 5.73 Å². The molecule has 0 bridgehead atoms. The Morgan fingerprint density at radius 2 is 1.89 bits per heavy atom. The Labute approximate surface area is 109 Å². The molecule has 1 aromatic rings. The lowest BCUT2D eigenvalue weighted by molar-refractivity contribution is -0.137. The van der Waals surface area contributed by atoms with Gasteiger partial charge in [0.05, 0.1) is 11.6 Å². The van der Waals surface area contributed by atoms with Crippen LogP contribution in [0.25, 0.3) is 0 Å². The van der Waals surface area contributed by atoms with Gasteiger partial charge in [-0.15, -0.1) is 0 Å². The molecule has 1 unspecified atom stereocenters. The van der Waals surface area contributed by atoms with Crippen molar-refractivity contribution in [1.82, 2.24) is 4.90 Å². The molecule has 0 saturated carbocycles. The van der Waals surface area contributed by atoms with Gasteiger partial charge in [0.25, 0.3) is 0 Å². The maximum Gasteiger partial charge on any atom is 0.416 e. The van der Waals surface area contributed by atoms with Gasteiger partial charge < -0.3 is 10.9 Å². The molecule has 0 fully saturated rings. The molecule has 7 heteroatoms. The topological polar surface area (TPSA) is 61.9 Å². The van der Waals surface area contributed by atoms with E-state index in [2.05, 4.69) is 5.16 Å². The number of nitrogens with two attached hydrogens (primary N) is 1. The van der Waals surface area contributed by atoms with Gasteiger partial charge in [-0.25, -0.2) is 0 Å². The van der Waals surface area contributed by atoms with Crippen molar-refractivity contribution in [2.45, 2.75) is 25.7 Å². The summed E-state index contributed by atoms with van der Waals surface area (Å²) in [6.07, 6.45) is -4.33. The Morgan fingerprint density at radius 3 is 2.32 bits per heavy atom. The van der Waals surface area contributed by atoms with Gasteiger partial charge in [-0.3, -0.25) is 4.90 Å². The highest BCUT2D eigenvalue weighted by Gasteiger charge is 2.30. The van der Waals surface area contributed by atoms with E-state index in [0.717, 1.165) is 12.1 Å². The highest BCUT2D eigenvalue weighted by molar-refractivity contribution is 5.84. The highest BCUT2D eigenvalue weighted by atomic mass is 19.4. The Hall–Kier alpha value is -1.76. The van der Waals surface area contributed by atoms with Crippen LogP contribution in [0.5, 0.6) is 0 Å². The van der Waals surface area contributed by atoms with Crippen LogP contribution in [0.3, 0.4) is 0 Å². The molecule has 106 valence electrons. The van der Waals surface area contributed by atoms with Crippen molar-refractivity contribution in [2.24, 2.45) is 10.9 Å². The van der Waals surface area contributed by atoms with Crippen LogP contribution in [0.2, 0.25) is 0 Å². The Kier molecular flexibility index (Phi) is 4.77. The SMILES string of the molecule is CC(C(N)=NO)N(C)Cc1ccc(C(F)(F)F)cc1. The number of hydrogen-bond donors (Lipinski definition) is 2. The lowest BCUT2D eigenvalue weighted by atomic mass is 10.1. The van der Waals surface area contributed by atoms with Crippen LogP contribution in [0, 0.1) is 0 Å². The minimum absolute atomic E-state index is 0.0504. The summed E-state index contributed by atoms with van der Waals surface area (Å²) in [6, 6.07) is 4.60. The van der Waals surface area contributed by atoms with Crippen LogP contribution in [-0.4, -0.2) is 29.0 Å². The number of alkyl halides is 3. The van der Waals surface area contributed by atoms with Gasteiger partial charge >= 0.3 is 6.18 Å². The lowest BCUT2D eigenvalue weighted by Crippen LogP contribution is -2.40. The first kappa shape index (κ1) is 15.3. The largest absolute Gasteiger partial charge is 0.416 e. The first-order valence-electron chi connectivity index (χ1n) is 5.59. The quantitative estimate of drug-likeness (QED) is 0.383. The fourth-order valence-corrected chi connectivity index (χ4v) is 1.53. The van der Waals surface area contributed by atoms with Crippen molar-refractivity contribution >= 4 is 5.84 Å². The number of nitrogens with zero attached hydrogens (tertiary/aromatic N) is 2. The van der Waals surface area contributed by atoms with Crippen LogP contribution in [-0.2, 0) is 12.7 Å². The van der Waals surface area contributed by atoms with Crippen LogP contribution >= 0.6 is 0 Å². The van der Waals surface area contributed by atoms with Crippen LogP contribution in [0.15, 0.2) is 29.4 Å². The van der Waals surface area contributed by atoms with E-state index in [1.807, 2.05) is 0 Å². The number of hydrogen-bond acceptors (Lipinski definition) is 3. The smallest absolute Gasteiger partial charge is 0.409 e. The molecular formula is C12H16F3N3O. The Balaban J connectivity index is 2.73. The van der Waals surface area contributed by atoms with Crippen molar-refractivity contribution < 1.29 is 18.4 Å². The molecule has 1 aromatic carbocycles. The number of rotatable bonds is 4. The van der Waals surface area contributed by atoms with Crippen molar-refractivity contribution in [3.63, 3.8) is 0 Å². The van der Waals surface area contributed by atoms with Gasteiger partial charge in [-0.05, 0) is 31.7 Å². The fraction of sp³-hybridized carbons (Fsp3) is 0.417. The van der Waals surface area contributed by atoms with Crippen molar-refractivity contribution in [2.75, 3.05) is 7.05 Å². The number of halogens is 3. The van der Waals surface area contributed by atoms with Gasteiger partial charge in [-0.2, -0.15) is 13.2 Å². The number of benzene rings is 1. The number of oxime groups is 1. The Bertz CT molecular complexity index is 443. The van der Waals surface area contributed by atoms with Crippen LogP contribution in [0.4, 0.5) is 13.2 Å². The van der Waals surface area contributed by atoms with Crippen molar-refractivity contribution in [3.05, 3.63) is 35.4 Å². The zero-order valence-corrected chi connectivity index (χ0v) is 10.6. The summed E-state index contributed by atoms with van der Waals surface area (Å²) >= 11 is 0. The predicted octanol–water partition coefficient (Wildman–Crippen LogP) is 2.27. The molecule has 0 aliphatic carbocycles. The summed E-state index contributed by atoms with van der Waals surface area (Å²) in [4.78, 5) is 1.76. The summed E-state index contributed by atoms with van der Waals surface area (Å²) in [5, 5.41) is 11.5. The second-order valence-corrected chi connectivity index (χ2v) is 4.31. The lowest BCUT2D eigenvalue weighted by Gasteiger charge is -2.23. The van der Waals surface area contributed by atoms with E-state index in [-0.39, 0.29) is 11.9 Å². The molecule has 19 heavy (non-hydrogen) atoms. The molecule has 0 heterocycles. The molecule has 0 aliphatic rings. The molecule has 0 saturated heterocycles. The summed E-state index contributed by atoms with van der Waals surface area (Å²) in [5.74, 6) is 0.0504. The summed E-state index contributed by atoms with van der Waals surface area (Å²) in [7, 11) is 1.74. The van der Waals surface area contributed by atoms with Gasteiger partial charge in [-0.1, -0.05) is 17.3 Å². The zero-order chi connectivity index (χ0) is 14.6. The summed E-state index contributed by atoms with van der Waals surface area (Å²) in [6.45, 7) is 2.13. The highest BCUT2D eigenvalue weighted by Crippen LogP contribution is 2.29. The second-order valence-electron chi connectivity index (χ2n) is 4.31.